The summed E-state index contributed by atoms with van der Waals surface area (Å²) in [5, 5.41) is 9.13. The summed E-state index contributed by atoms with van der Waals surface area (Å²) in [6.07, 6.45) is 6.23. The van der Waals surface area contributed by atoms with E-state index < -0.39 is 0 Å². The van der Waals surface area contributed by atoms with Gasteiger partial charge in [-0.05, 0) is 52.9 Å². The Balaban J connectivity index is 1.76. The number of rotatable bonds is 3. The predicted octanol–water partition coefficient (Wildman–Crippen LogP) is 2.52. The van der Waals surface area contributed by atoms with Crippen LogP contribution in [0.3, 0.4) is 0 Å². The van der Waals surface area contributed by atoms with Crippen molar-refractivity contribution < 1.29 is 0 Å². The van der Waals surface area contributed by atoms with Crippen molar-refractivity contribution in [1.29, 1.82) is 0 Å². The molecule has 1 aliphatic heterocycles. The number of fused-ring (bicyclic) bond motifs is 1. The zero-order valence-corrected chi connectivity index (χ0v) is 12.5. The van der Waals surface area contributed by atoms with Crippen LogP contribution in [0, 0.1) is 0 Å². The first-order chi connectivity index (χ1) is 9.63. The second kappa shape index (κ2) is 5.40. The molecular formula is C15H23N5. The van der Waals surface area contributed by atoms with Crippen LogP contribution < -0.4 is 5.32 Å². The summed E-state index contributed by atoms with van der Waals surface area (Å²) in [6, 6.07) is 3.06. The van der Waals surface area contributed by atoms with Gasteiger partial charge in [0.15, 0.2) is 5.65 Å². The Morgan fingerprint density at radius 1 is 1.25 bits per heavy atom. The fraction of sp³-hybridized carbons (Fsp3) is 0.600. The highest BCUT2D eigenvalue weighted by Crippen LogP contribution is 2.21. The maximum atomic E-state index is 4.57. The first-order valence-electron chi connectivity index (χ1n) is 7.42. The molecule has 1 aliphatic rings. The van der Waals surface area contributed by atoms with Crippen molar-refractivity contribution in [2.24, 2.45) is 0 Å². The fourth-order valence-corrected chi connectivity index (χ4v) is 2.79. The zero-order chi connectivity index (χ0) is 14.1. The van der Waals surface area contributed by atoms with Crippen LogP contribution in [-0.4, -0.2) is 45.8 Å². The molecule has 3 rings (SSSR count). The van der Waals surface area contributed by atoms with Gasteiger partial charge in [-0.25, -0.2) is 9.67 Å². The smallest absolute Gasteiger partial charge is 0.158 e. The summed E-state index contributed by atoms with van der Waals surface area (Å²) in [5.74, 6) is 0. The Bertz CT molecular complexity index is 581. The van der Waals surface area contributed by atoms with Crippen molar-refractivity contribution in [3.63, 3.8) is 0 Å². The van der Waals surface area contributed by atoms with E-state index in [1.165, 1.54) is 25.9 Å². The highest BCUT2D eigenvalue weighted by atomic mass is 15.3. The van der Waals surface area contributed by atoms with Gasteiger partial charge in [-0.3, -0.25) is 0 Å². The molecule has 0 radical (unpaired) electrons. The average molecular weight is 273 g/mol. The normalized spacial score (nSPS) is 18.0. The lowest BCUT2D eigenvalue weighted by molar-refractivity contribution is 0.264. The van der Waals surface area contributed by atoms with Crippen LogP contribution in [0.15, 0.2) is 18.5 Å². The topological polar surface area (TPSA) is 46.0 Å². The molecule has 0 bridgehead atoms. The van der Waals surface area contributed by atoms with Crippen molar-refractivity contribution in [2.75, 3.05) is 25.5 Å². The van der Waals surface area contributed by atoms with E-state index >= 15 is 0 Å². The van der Waals surface area contributed by atoms with Gasteiger partial charge < -0.3 is 10.2 Å². The van der Waals surface area contributed by atoms with Gasteiger partial charge in [-0.1, -0.05) is 0 Å². The average Bonchev–Trinajstić information content (AvgIpc) is 2.84. The van der Waals surface area contributed by atoms with Crippen LogP contribution in [0.5, 0.6) is 0 Å². The minimum Gasteiger partial charge on any atom is -0.381 e. The number of hydrogen-bond donors (Lipinski definition) is 1. The highest BCUT2D eigenvalue weighted by Gasteiger charge is 2.16. The summed E-state index contributed by atoms with van der Waals surface area (Å²) in [4.78, 5) is 6.95. The molecule has 0 amide bonds. The van der Waals surface area contributed by atoms with E-state index in [2.05, 4.69) is 47.3 Å². The van der Waals surface area contributed by atoms with Crippen LogP contribution in [0.1, 0.15) is 32.7 Å². The van der Waals surface area contributed by atoms with Gasteiger partial charge in [0.25, 0.3) is 0 Å². The number of likely N-dealkylation sites (tertiary alicyclic amines) is 1. The Hall–Kier alpha value is -1.62. The first-order valence-corrected chi connectivity index (χ1v) is 7.42. The minimum atomic E-state index is 0.340. The second-order valence-corrected chi connectivity index (χ2v) is 6.04. The van der Waals surface area contributed by atoms with Crippen molar-refractivity contribution in [1.82, 2.24) is 19.7 Å². The van der Waals surface area contributed by atoms with Crippen molar-refractivity contribution in [2.45, 2.75) is 38.8 Å². The predicted molar refractivity (Wildman–Crippen MR) is 82.1 cm³/mol. The number of aromatic nitrogens is 3. The third-order valence-corrected chi connectivity index (χ3v) is 4.01. The minimum absolute atomic E-state index is 0.340. The first kappa shape index (κ1) is 13.4. The van der Waals surface area contributed by atoms with Crippen LogP contribution in [0.25, 0.3) is 11.0 Å². The van der Waals surface area contributed by atoms with E-state index in [0.717, 1.165) is 16.7 Å². The Morgan fingerprint density at radius 2 is 2.00 bits per heavy atom. The third-order valence-electron chi connectivity index (χ3n) is 4.01. The summed E-state index contributed by atoms with van der Waals surface area (Å²) >= 11 is 0. The molecule has 5 heteroatoms. The highest BCUT2D eigenvalue weighted by molar-refractivity contribution is 5.78. The Morgan fingerprint density at radius 3 is 2.70 bits per heavy atom. The van der Waals surface area contributed by atoms with Crippen molar-refractivity contribution in [3.05, 3.63) is 18.5 Å². The molecule has 1 fully saturated rings. The molecule has 2 aromatic heterocycles. The number of nitrogens with one attached hydrogen (secondary N) is 1. The van der Waals surface area contributed by atoms with E-state index in [1.807, 2.05) is 17.1 Å². The summed E-state index contributed by atoms with van der Waals surface area (Å²) < 4.78 is 1.97. The summed E-state index contributed by atoms with van der Waals surface area (Å²) in [7, 11) is 2.18. The van der Waals surface area contributed by atoms with Gasteiger partial charge in [-0.2, -0.15) is 5.10 Å². The second-order valence-electron chi connectivity index (χ2n) is 6.04. The monoisotopic (exact) mass is 273 g/mol. The molecule has 1 N–H and O–H groups in total. The number of anilines is 1. The molecular weight excluding hydrogens is 250 g/mol. The van der Waals surface area contributed by atoms with Gasteiger partial charge in [0.1, 0.15) is 0 Å². The van der Waals surface area contributed by atoms with Crippen LogP contribution in [0.4, 0.5) is 5.69 Å². The molecule has 5 nitrogen and oxygen atoms in total. The van der Waals surface area contributed by atoms with Crippen LogP contribution in [0.2, 0.25) is 0 Å². The van der Waals surface area contributed by atoms with Crippen molar-refractivity contribution in [3.8, 4) is 0 Å². The maximum Gasteiger partial charge on any atom is 0.158 e. The molecule has 0 aliphatic carbocycles. The molecule has 0 saturated carbocycles. The van der Waals surface area contributed by atoms with Gasteiger partial charge in [-0.15, -0.1) is 0 Å². The fourth-order valence-electron chi connectivity index (χ4n) is 2.79. The molecule has 0 spiro atoms. The maximum absolute atomic E-state index is 4.57. The lowest BCUT2D eigenvalue weighted by Gasteiger charge is -2.30. The van der Waals surface area contributed by atoms with Gasteiger partial charge >= 0.3 is 0 Å². The van der Waals surface area contributed by atoms with E-state index in [4.69, 9.17) is 0 Å². The third kappa shape index (κ3) is 2.63. The number of piperidine rings is 1. The lowest BCUT2D eigenvalue weighted by Crippen LogP contribution is -2.36. The molecule has 20 heavy (non-hydrogen) atoms. The van der Waals surface area contributed by atoms with Gasteiger partial charge in [0, 0.05) is 17.5 Å². The molecule has 0 atom stereocenters. The largest absolute Gasteiger partial charge is 0.381 e. The van der Waals surface area contributed by atoms with Crippen LogP contribution >= 0.6 is 0 Å². The number of hydrogen-bond acceptors (Lipinski definition) is 4. The van der Waals surface area contributed by atoms with Crippen LogP contribution in [-0.2, 0) is 0 Å². The van der Waals surface area contributed by atoms with E-state index in [-0.39, 0.29) is 0 Å². The molecule has 0 unspecified atom stereocenters. The zero-order valence-electron chi connectivity index (χ0n) is 12.5. The van der Waals surface area contributed by atoms with E-state index in [9.17, 15) is 0 Å². The van der Waals surface area contributed by atoms with E-state index in [1.54, 1.807) is 0 Å². The molecule has 1 saturated heterocycles. The summed E-state index contributed by atoms with van der Waals surface area (Å²) in [6.45, 7) is 6.58. The Labute approximate surface area is 120 Å². The standard InChI is InChI=1S/C15H23N5/c1-11(2)20-15-12(9-17-20)8-14(10-16-15)18-13-4-6-19(3)7-5-13/h8-11,13,18H,4-7H2,1-3H3. The molecule has 108 valence electrons. The number of nitrogens with zero attached hydrogens (tertiary/aromatic N) is 4. The summed E-state index contributed by atoms with van der Waals surface area (Å²) in [5.41, 5.74) is 2.07. The Kier molecular flexibility index (Phi) is 3.61. The van der Waals surface area contributed by atoms with E-state index in [0.29, 0.717) is 12.1 Å². The lowest BCUT2D eigenvalue weighted by atomic mass is 10.1. The van der Waals surface area contributed by atoms with Gasteiger partial charge in [0.05, 0.1) is 18.1 Å². The van der Waals surface area contributed by atoms with Crippen molar-refractivity contribution >= 4 is 16.7 Å². The van der Waals surface area contributed by atoms with Gasteiger partial charge in [0.2, 0.25) is 0 Å². The molecule has 2 aromatic rings. The SMILES string of the molecule is CC(C)n1ncc2cc(NC3CCN(C)CC3)cnc21. The molecule has 3 heterocycles. The number of pyridine rings is 1. The molecule has 0 aromatic carbocycles. The quantitative estimate of drug-likeness (QED) is 0.933.